The maximum absolute atomic E-state index is 11.3. The SMILES string of the molecule is CC1CCCC1N1CC(=O)NC1=O. The number of rotatable bonds is 1. The number of carbonyl (C=O) groups excluding carboxylic acids is 2. The van der Waals surface area contributed by atoms with Crippen molar-refractivity contribution in [1.29, 1.82) is 0 Å². The minimum atomic E-state index is -0.205. The minimum Gasteiger partial charge on any atom is -0.312 e. The molecule has 4 heteroatoms. The molecule has 1 heterocycles. The van der Waals surface area contributed by atoms with Gasteiger partial charge in [0, 0.05) is 6.04 Å². The summed E-state index contributed by atoms with van der Waals surface area (Å²) >= 11 is 0. The van der Waals surface area contributed by atoms with E-state index in [0.717, 1.165) is 6.42 Å². The zero-order valence-corrected chi connectivity index (χ0v) is 7.75. The van der Waals surface area contributed by atoms with Crippen LogP contribution in [0.5, 0.6) is 0 Å². The molecule has 13 heavy (non-hydrogen) atoms. The molecule has 2 rings (SSSR count). The highest BCUT2D eigenvalue weighted by Gasteiger charge is 2.37. The quantitative estimate of drug-likeness (QED) is 0.608. The first kappa shape index (κ1) is 8.53. The molecule has 2 aliphatic rings. The summed E-state index contributed by atoms with van der Waals surface area (Å²) < 4.78 is 0. The van der Waals surface area contributed by atoms with Crippen LogP contribution in [0.4, 0.5) is 4.79 Å². The summed E-state index contributed by atoms with van der Waals surface area (Å²) in [6.07, 6.45) is 3.38. The monoisotopic (exact) mass is 182 g/mol. The predicted octanol–water partition coefficient (Wildman–Crippen LogP) is 0.727. The summed E-state index contributed by atoms with van der Waals surface area (Å²) in [6, 6.07) is 0.0789. The van der Waals surface area contributed by atoms with E-state index < -0.39 is 0 Å². The fourth-order valence-electron chi connectivity index (χ4n) is 2.31. The van der Waals surface area contributed by atoms with Gasteiger partial charge < -0.3 is 4.90 Å². The summed E-state index contributed by atoms with van der Waals surface area (Å²) in [4.78, 5) is 23.9. The van der Waals surface area contributed by atoms with Crippen molar-refractivity contribution in [3.8, 4) is 0 Å². The standard InChI is InChI=1S/C9H14N2O2/c1-6-3-2-4-7(6)11-5-8(12)10-9(11)13/h6-7H,2-5H2,1H3,(H,10,12,13). The van der Waals surface area contributed by atoms with Crippen molar-refractivity contribution in [2.45, 2.75) is 32.2 Å². The fourth-order valence-corrected chi connectivity index (χ4v) is 2.31. The van der Waals surface area contributed by atoms with E-state index in [-0.39, 0.29) is 24.5 Å². The van der Waals surface area contributed by atoms with Gasteiger partial charge in [-0.2, -0.15) is 0 Å². The Kier molecular flexibility index (Phi) is 1.98. The molecule has 1 saturated carbocycles. The molecule has 1 N–H and O–H groups in total. The number of carbonyl (C=O) groups is 2. The molecule has 0 radical (unpaired) electrons. The van der Waals surface area contributed by atoms with Gasteiger partial charge in [0.2, 0.25) is 5.91 Å². The topological polar surface area (TPSA) is 49.4 Å². The number of nitrogens with zero attached hydrogens (tertiary/aromatic N) is 1. The van der Waals surface area contributed by atoms with Crippen LogP contribution in [0.25, 0.3) is 0 Å². The smallest absolute Gasteiger partial charge is 0.312 e. The summed E-state index contributed by atoms with van der Waals surface area (Å²) in [6.45, 7) is 2.40. The van der Waals surface area contributed by atoms with E-state index in [1.807, 2.05) is 0 Å². The lowest BCUT2D eigenvalue weighted by atomic mass is 10.1. The van der Waals surface area contributed by atoms with Gasteiger partial charge >= 0.3 is 6.03 Å². The lowest BCUT2D eigenvalue weighted by Gasteiger charge is -2.25. The van der Waals surface area contributed by atoms with E-state index in [1.54, 1.807) is 4.90 Å². The number of imide groups is 1. The molecule has 3 amide bonds. The number of hydrogen-bond acceptors (Lipinski definition) is 2. The highest BCUT2D eigenvalue weighted by atomic mass is 16.2. The van der Waals surface area contributed by atoms with E-state index in [4.69, 9.17) is 0 Å². The number of urea groups is 1. The Morgan fingerprint density at radius 2 is 2.15 bits per heavy atom. The second-order valence-corrected chi connectivity index (χ2v) is 3.96. The maximum Gasteiger partial charge on any atom is 0.324 e. The molecule has 72 valence electrons. The Morgan fingerprint density at radius 3 is 2.62 bits per heavy atom. The van der Waals surface area contributed by atoms with E-state index >= 15 is 0 Å². The molecule has 2 fully saturated rings. The van der Waals surface area contributed by atoms with Gasteiger partial charge in [0.05, 0.1) is 0 Å². The zero-order valence-electron chi connectivity index (χ0n) is 7.75. The van der Waals surface area contributed by atoms with Crippen LogP contribution >= 0.6 is 0 Å². The highest BCUT2D eigenvalue weighted by Crippen LogP contribution is 2.30. The predicted molar refractivity (Wildman–Crippen MR) is 47.0 cm³/mol. The van der Waals surface area contributed by atoms with Gasteiger partial charge in [-0.15, -0.1) is 0 Å². The molecule has 0 spiro atoms. The Bertz CT molecular complexity index is 252. The van der Waals surface area contributed by atoms with Gasteiger partial charge in [-0.25, -0.2) is 4.79 Å². The Labute approximate surface area is 77.3 Å². The molecular formula is C9H14N2O2. The van der Waals surface area contributed by atoms with Crippen LogP contribution < -0.4 is 5.32 Å². The first-order chi connectivity index (χ1) is 6.18. The first-order valence-electron chi connectivity index (χ1n) is 4.79. The molecule has 0 aromatic carbocycles. The molecule has 4 nitrogen and oxygen atoms in total. The van der Waals surface area contributed by atoms with Gasteiger partial charge in [0.25, 0.3) is 0 Å². The zero-order chi connectivity index (χ0) is 9.42. The number of hydrogen-bond donors (Lipinski definition) is 1. The summed E-state index contributed by atoms with van der Waals surface area (Å²) in [5.41, 5.74) is 0. The van der Waals surface area contributed by atoms with E-state index in [1.165, 1.54) is 12.8 Å². The molecule has 0 aromatic rings. The van der Waals surface area contributed by atoms with Gasteiger partial charge in [-0.05, 0) is 18.8 Å². The lowest BCUT2D eigenvalue weighted by molar-refractivity contribution is -0.118. The summed E-state index contributed by atoms with van der Waals surface area (Å²) in [5.74, 6) is 0.376. The normalized spacial score (nSPS) is 34.1. The Balaban J connectivity index is 2.08. The van der Waals surface area contributed by atoms with E-state index in [9.17, 15) is 9.59 Å². The molecular weight excluding hydrogens is 168 g/mol. The average molecular weight is 182 g/mol. The minimum absolute atomic E-state index is 0.163. The van der Waals surface area contributed by atoms with Crippen LogP contribution in [0, 0.1) is 5.92 Å². The third kappa shape index (κ3) is 1.41. The number of nitrogens with one attached hydrogen (secondary N) is 1. The molecule has 0 aromatic heterocycles. The van der Waals surface area contributed by atoms with Crippen LogP contribution in [0.1, 0.15) is 26.2 Å². The Hall–Kier alpha value is -1.06. The van der Waals surface area contributed by atoms with Crippen molar-refractivity contribution in [2.75, 3.05) is 6.54 Å². The molecule has 1 aliphatic heterocycles. The Morgan fingerprint density at radius 1 is 1.38 bits per heavy atom. The van der Waals surface area contributed by atoms with Crippen LogP contribution in [-0.2, 0) is 4.79 Å². The second-order valence-electron chi connectivity index (χ2n) is 3.96. The lowest BCUT2D eigenvalue weighted by Crippen LogP contribution is -2.39. The summed E-state index contributed by atoms with van der Waals surface area (Å²) in [7, 11) is 0. The van der Waals surface area contributed by atoms with Gasteiger partial charge in [0.15, 0.2) is 0 Å². The van der Waals surface area contributed by atoms with Gasteiger partial charge in [0.1, 0.15) is 6.54 Å². The molecule has 1 aliphatic carbocycles. The van der Waals surface area contributed by atoms with Gasteiger partial charge in [-0.1, -0.05) is 13.3 Å². The maximum atomic E-state index is 11.3. The molecule has 2 atom stereocenters. The first-order valence-corrected chi connectivity index (χ1v) is 4.79. The van der Waals surface area contributed by atoms with Crippen molar-refractivity contribution >= 4 is 11.9 Å². The van der Waals surface area contributed by atoms with Crippen molar-refractivity contribution in [3.05, 3.63) is 0 Å². The van der Waals surface area contributed by atoms with Crippen LogP contribution in [0.3, 0.4) is 0 Å². The van der Waals surface area contributed by atoms with Crippen molar-refractivity contribution in [1.82, 2.24) is 10.2 Å². The molecule has 0 bridgehead atoms. The molecule has 2 unspecified atom stereocenters. The fraction of sp³-hybridized carbons (Fsp3) is 0.778. The number of amides is 3. The summed E-state index contributed by atoms with van der Waals surface area (Å²) in [5, 5.41) is 2.31. The van der Waals surface area contributed by atoms with E-state index in [0.29, 0.717) is 5.92 Å². The largest absolute Gasteiger partial charge is 0.324 e. The van der Waals surface area contributed by atoms with Gasteiger partial charge in [-0.3, -0.25) is 10.1 Å². The van der Waals surface area contributed by atoms with E-state index in [2.05, 4.69) is 12.2 Å². The van der Waals surface area contributed by atoms with Crippen molar-refractivity contribution in [2.24, 2.45) is 5.92 Å². The van der Waals surface area contributed by atoms with Crippen molar-refractivity contribution in [3.63, 3.8) is 0 Å². The second kappa shape index (κ2) is 3.01. The average Bonchev–Trinajstić information content (AvgIpc) is 2.58. The van der Waals surface area contributed by atoms with Crippen LogP contribution in [-0.4, -0.2) is 29.4 Å². The third-order valence-corrected chi connectivity index (χ3v) is 3.04. The highest BCUT2D eigenvalue weighted by molar-refractivity contribution is 6.02. The van der Waals surface area contributed by atoms with Crippen LogP contribution in [0.15, 0.2) is 0 Å². The van der Waals surface area contributed by atoms with Crippen molar-refractivity contribution < 1.29 is 9.59 Å². The van der Waals surface area contributed by atoms with Crippen LogP contribution in [0.2, 0.25) is 0 Å². The third-order valence-electron chi connectivity index (χ3n) is 3.04. The molecule has 1 saturated heterocycles.